The number of ether oxygens (including phenoxy) is 1. The van der Waals surface area contributed by atoms with Crippen molar-refractivity contribution in [2.75, 3.05) is 11.9 Å². The van der Waals surface area contributed by atoms with E-state index in [2.05, 4.69) is 31.9 Å². The largest absolute Gasteiger partial charge is 0.492 e. The van der Waals surface area contributed by atoms with Gasteiger partial charge in [-0.05, 0) is 47.0 Å². The smallest absolute Gasteiger partial charge is 0.133 e. The van der Waals surface area contributed by atoms with Gasteiger partial charge in [0.15, 0.2) is 0 Å². The molecule has 0 aliphatic carbocycles. The molecule has 0 bridgehead atoms. The minimum atomic E-state index is -0.247. The fourth-order valence-electron chi connectivity index (χ4n) is 1.85. The first kappa shape index (κ1) is 17.0. The van der Waals surface area contributed by atoms with Crippen molar-refractivity contribution in [2.24, 2.45) is 0 Å². The molecule has 0 amide bonds. The molecule has 1 rings (SSSR count). The molecule has 108 valence electrons. The van der Waals surface area contributed by atoms with Crippen molar-refractivity contribution >= 4 is 31.9 Å². The average Bonchev–Trinajstić information content (AvgIpc) is 2.39. The van der Waals surface area contributed by atoms with Gasteiger partial charge < -0.3 is 4.74 Å². The van der Waals surface area contributed by atoms with Crippen molar-refractivity contribution in [1.82, 2.24) is 0 Å². The summed E-state index contributed by atoms with van der Waals surface area (Å²) in [6.07, 6.45) is 8.78. The summed E-state index contributed by atoms with van der Waals surface area (Å²) in [7, 11) is 0. The first-order chi connectivity index (χ1) is 9.24. The quantitative estimate of drug-likeness (QED) is 0.344. The maximum Gasteiger partial charge on any atom is 0.133 e. The molecule has 4 heteroatoms. The summed E-state index contributed by atoms with van der Waals surface area (Å²) in [6, 6.07) is 4.52. The Morgan fingerprint density at radius 1 is 0.947 bits per heavy atom. The lowest BCUT2D eigenvalue weighted by Gasteiger charge is -2.08. The van der Waals surface area contributed by atoms with Crippen molar-refractivity contribution in [3.05, 3.63) is 28.5 Å². The highest BCUT2D eigenvalue weighted by molar-refractivity contribution is 9.10. The van der Waals surface area contributed by atoms with Gasteiger partial charge in [-0.3, -0.25) is 0 Å². The van der Waals surface area contributed by atoms with Gasteiger partial charge in [0.25, 0.3) is 0 Å². The lowest BCUT2D eigenvalue weighted by atomic mass is 10.1. The molecular formula is C15H21Br2FO. The van der Waals surface area contributed by atoms with E-state index in [9.17, 15) is 4.39 Å². The molecule has 0 aromatic heterocycles. The Morgan fingerprint density at radius 3 is 2.21 bits per heavy atom. The lowest BCUT2D eigenvalue weighted by molar-refractivity contribution is 0.302. The Bertz CT molecular complexity index is 358. The number of alkyl halides is 1. The van der Waals surface area contributed by atoms with Gasteiger partial charge in [0.1, 0.15) is 11.6 Å². The second kappa shape index (κ2) is 10.7. The Morgan fingerprint density at radius 2 is 1.58 bits per heavy atom. The van der Waals surface area contributed by atoms with Crippen molar-refractivity contribution in [2.45, 2.75) is 44.9 Å². The molecule has 19 heavy (non-hydrogen) atoms. The van der Waals surface area contributed by atoms with Crippen molar-refractivity contribution in [1.29, 1.82) is 0 Å². The van der Waals surface area contributed by atoms with E-state index >= 15 is 0 Å². The van der Waals surface area contributed by atoms with Gasteiger partial charge in [0.05, 0.1) is 11.1 Å². The second-order valence-electron chi connectivity index (χ2n) is 4.59. The molecule has 0 unspecified atom stereocenters. The summed E-state index contributed by atoms with van der Waals surface area (Å²) in [4.78, 5) is 0. The highest BCUT2D eigenvalue weighted by atomic mass is 79.9. The van der Waals surface area contributed by atoms with Crippen LogP contribution in [0.25, 0.3) is 0 Å². The number of benzene rings is 1. The number of hydrogen-bond donors (Lipinski definition) is 0. The van der Waals surface area contributed by atoms with Crippen LogP contribution < -0.4 is 4.74 Å². The molecule has 0 saturated carbocycles. The van der Waals surface area contributed by atoms with Crippen LogP contribution in [0.15, 0.2) is 22.7 Å². The second-order valence-corrected chi connectivity index (χ2v) is 6.23. The maximum atomic E-state index is 12.9. The Balaban J connectivity index is 2.01. The summed E-state index contributed by atoms with van der Waals surface area (Å²) < 4.78 is 19.2. The van der Waals surface area contributed by atoms with Gasteiger partial charge in [-0.25, -0.2) is 4.39 Å². The van der Waals surface area contributed by atoms with Crippen LogP contribution >= 0.6 is 31.9 Å². The molecule has 0 heterocycles. The summed E-state index contributed by atoms with van der Waals surface area (Å²) >= 11 is 6.74. The zero-order valence-corrected chi connectivity index (χ0v) is 14.3. The van der Waals surface area contributed by atoms with Crippen LogP contribution in [0.1, 0.15) is 44.9 Å². The number of halogens is 3. The van der Waals surface area contributed by atoms with Crippen molar-refractivity contribution < 1.29 is 9.13 Å². The standard InChI is InChI=1S/C15H21Br2FO/c16-10-6-4-2-1-3-5-7-11-19-15-9-8-13(18)12-14(15)17/h8-9,12H,1-7,10-11H2. The Labute approximate surface area is 132 Å². The fourth-order valence-corrected chi connectivity index (χ4v) is 2.72. The molecule has 0 N–H and O–H groups in total. The lowest BCUT2D eigenvalue weighted by Crippen LogP contribution is -1.98. The summed E-state index contributed by atoms with van der Waals surface area (Å²) in [5.74, 6) is 0.474. The Hall–Kier alpha value is -0.0900. The molecule has 0 aliphatic heterocycles. The van der Waals surface area contributed by atoms with E-state index in [0.29, 0.717) is 11.1 Å². The predicted molar refractivity (Wildman–Crippen MR) is 85.7 cm³/mol. The first-order valence-electron chi connectivity index (χ1n) is 6.88. The van der Waals surface area contributed by atoms with Crippen LogP contribution in [-0.2, 0) is 0 Å². The number of rotatable bonds is 10. The number of unbranched alkanes of at least 4 members (excludes halogenated alkanes) is 6. The molecule has 0 radical (unpaired) electrons. The molecule has 0 aliphatic rings. The zero-order chi connectivity index (χ0) is 13.9. The van der Waals surface area contributed by atoms with Gasteiger partial charge >= 0.3 is 0 Å². The molecule has 0 saturated heterocycles. The minimum Gasteiger partial charge on any atom is -0.492 e. The minimum absolute atomic E-state index is 0.247. The Kier molecular flexibility index (Phi) is 9.52. The van der Waals surface area contributed by atoms with Crippen LogP contribution in [0.4, 0.5) is 4.39 Å². The predicted octanol–water partition coefficient (Wildman–Crippen LogP) is 6.09. The summed E-state index contributed by atoms with van der Waals surface area (Å²) in [5, 5.41) is 1.12. The molecule has 1 nitrogen and oxygen atoms in total. The zero-order valence-electron chi connectivity index (χ0n) is 11.1. The van der Waals surface area contributed by atoms with E-state index in [0.717, 1.165) is 17.5 Å². The van der Waals surface area contributed by atoms with E-state index in [1.54, 1.807) is 6.07 Å². The molecule has 0 spiro atoms. The molecular weight excluding hydrogens is 375 g/mol. The molecule has 0 atom stereocenters. The van der Waals surface area contributed by atoms with E-state index in [-0.39, 0.29) is 5.82 Å². The van der Waals surface area contributed by atoms with E-state index in [4.69, 9.17) is 4.74 Å². The van der Waals surface area contributed by atoms with Crippen LogP contribution in [0.5, 0.6) is 5.75 Å². The van der Waals surface area contributed by atoms with Crippen molar-refractivity contribution in [3.63, 3.8) is 0 Å². The van der Waals surface area contributed by atoms with Crippen LogP contribution in [-0.4, -0.2) is 11.9 Å². The molecule has 1 aromatic carbocycles. The van der Waals surface area contributed by atoms with Crippen LogP contribution in [0, 0.1) is 5.82 Å². The third kappa shape index (κ3) is 7.93. The van der Waals surface area contributed by atoms with Crippen molar-refractivity contribution in [3.8, 4) is 5.75 Å². The topological polar surface area (TPSA) is 9.23 Å². The van der Waals surface area contributed by atoms with Crippen LogP contribution in [0.2, 0.25) is 0 Å². The number of hydrogen-bond acceptors (Lipinski definition) is 1. The monoisotopic (exact) mass is 394 g/mol. The van der Waals surface area contributed by atoms with Gasteiger partial charge in [-0.2, -0.15) is 0 Å². The van der Waals surface area contributed by atoms with E-state index in [1.165, 1.54) is 50.7 Å². The fraction of sp³-hybridized carbons (Fsp3) is 0.600. The summed E-state index contributed by atoms with van der Waals surface area (Å²) in [5.41, 5.74) is 0. The highest BCUT2D eigenvalue weighted by Gasteiger charge is 2.02. The van der Waals surface area contributed by atoms with Gasteiger partial charge in [0.2, 0.25) is 0 Å². The maximum absolute atomic E-state index is 12.9. The van der Waals surface area contributed by atoms with Gasteiger partial charge in [-0.15, -0.1) is 0 Å². The SMILES string of the molecule is Fc1ccc(OCCCCCCCCCBr)c(Br)c1. The average molecular weight is 396 g/mol. The van der Waals surface area contributed by atoms with E-state index < -0.39 is 0 Å². The molecule has 0 fully saturated rings. The third-order valence-electron chi connectivity index (χ3n) is 2.93. The summed E-state index contributed by atoms with van der Waals surface area (Å²) in [6.45, 7) is 0.700. The van der Waals surface area contributed by atoms with Gasteiger partial charge in [-0.1, -0.05) is 48.0 Å². The normalized spacial score (nSPS) is 10.7. The first-order valence-corrected chi connectivity index (χ1v) is 8.79. The van der Waals surface area contributed by atoms with Gasteiger partial charge in [0, 0.05) is 5.33 Å². The molecule has 1 aromatic rings. The van der Waals surface area contributed by atoms with Crippen LogP contribution in [0.3, 0.4) is 0 Å². The highest BCUT2D eigenvalue weighted by Crippen LogP contribution is 2.25. The van der Waals surface area contributed by atoms with E-state index in [1.807, 2.05) is 0 Å². The third-order valence-corrected chi connectivity index (χ3v) is 4.11.